The van der Waals surface area contributed by atoms with Gasteiger partial charge in [0.2, 0.25) is 0 Å². The minimum Gasteiger partial charge on any atom is -0.495 e. The third-order valence-corrected chi connectivity index (χ3v) is 3.79. The van der Waals surface area contributed by atoms with Gasteiger partial charge in [0.25, 0.3) is 0 Å². The van der Waals surface area contributed by atoms with E-state index in [2.05, 4.69) is 34.2 Å². The average molecular weight is 352 g/mol. The average Bonchev–Trinajstić information content (AvgIpc) is 2.44. The Bertz CT molecular complexity index is 613. The van der Waals surface area contributed by atoms with Gasteiger partial charge in [0.05, 0.1) is 12.8 Å². The van der Waals surface area contributed by atoms with Crippen LogP contribution in [0.15, 0.2) is 40.9 Å². The first-order chi connectivity index (χ1) is 9.99. The molecule has 21 heavy (non-hydrogen) atoms. The molecule has 0 fully saturated rings. The van der Waals surface area contributed by atoms with Crippen molar-refractivity contribution in [3.05, 3.63) is 57.8 Å². The Balaban J connectivity index is 2.12. The zero-order chi connectivity index (χ0) is 15.4. The Morgan fingerprint density at radius 1 is 1.24 bits per heavy atom. The van der Waals surface area contributed by atoms with Crippen LogP contribution in [0.1, 0.15) is 18.1 Å². The molecule has 1 unspecified atom stereocenters. The largest absolute Gasteiger partial charge is 0.495 e. The Morgan fingerprint density at radius 2 is 1.90 bits per heavy atom. The first kappa shape index (κ1) is 15.8. The van der Waals surface area contributed by atoms with Crippen LogP contribution in [0.3, 0.4) is 0 Å². The lowest BCUT2D eigenvalue weighted by atomic mass is 10.1. The molecule has 0 bridgehead atoms. The smallest absolute Gasteiger partial charge is 0.143 e. The quantitative estimate of drug-likeness (QED) is 0.822. The zero-order valence-electron chi connectivity index (χ0n) is 12.4. The van der Waals surface area contributed by atoms with Gasteiger partial charge < -0.3 is 10.1 Å². The highest BCUT2D eigenvalue weighted by atomic mass is 79.9. The summed E-state index contributed by atoms with van der Waals surface area (Å²) in [4.78, 5) is 0. The summed E-state index contributed by atoms with van der Waals surface area (Å²) in [6.07, 6.45) is 0.818. The number of hydrogen-bond donors (Lipinski definition) is 1. The molecule has 0 aliphatic carbocycles. The molecule has 2 aromatic carbocycles. The van der Waals surface area contributed by atoms with Crippen LogP contribution in [0, 0.1) is 12.7 Å². The molecule has 0 spiro atoms. The monoisotopic (exact) mass is 351 g/mol. The number of nitrogens with one attached hydrogen (secondary N) is 1. The van der Waals surface area contributed by atoms with Crippen LogP contribution in [-0.4, -0.2) is 13.2 Å². The topological polar surface area (TPSA) is 21.3 Å². The van der Waals surface area contributed by atoms with Crippen molar-refractivity contribution in [2.75, 3.05) is 12.4 Å². The fourth-order valence-electron chi connectivity index (χ4n) is 2.33. The van der Waals surface area contributed by atoms with E-state index in [1.54, 1.807) is 7.11 Å². The van der Waals surface area contributed by atoms with Crippen LogP contribution in [-0.2, 0) is 6.42 Å². The number of rotatable bonds is 5. The van der Waals surface area contributed by atoms with Crippen LogP contribution >= 0.6 is 15.9 Å². The Hall–Kier alpha value is -1.55. The van der Waals surface area contributed by atoms with Crippen LogP contribution < -0.4 is 10.1 Å². The highest BCUT2D eigenvalue weighted by Crippen LogP contribution is 2.32. The second kappa shape index (κ2) is 6.94. The molecule has 112 valence electrons. The number of methoxy groups -OCH3 is 1. The molecule has 2 aromatic rings. The van der Waals surface area contributed by atoms with Gasteiger partial charge in [0, 0.05) is 10.5 Å². The maximum absolute atomic E-state index is 12.9. The predicted octanol–water partition coefficient (Wildman–Crippen LogP) is 4.95. The summed E-state index contributed by atoms with van der Waals surface area (Å²) in [5.41, 5.74) is 3.22. The highest BCUT2D eigenvalue weighted by Gasteiger charge is 2.11. The van der Waals surface area contributed by atoms with E-state index >= 15 is 0 Å². The molecule has 0 aromatic heterocycles. The molecular weight excluding hydrogens is 333 g/mol. The number of anilines is 1. The molecule has 0 aliphatic rings. The van der Waals surface area contributed by atoms with Gasteiger partial charge in [-0.1, -0.05) is 28.1 Å². The third-order valence-electron chi connectivity index (χ3n) is 3.33. The van der Waals surface area contributed by atoms with E-state index in [0.717, 1.165) is 33.5 Å². The molecule has 4 heteroatoms. The summed E-state index contributed by atoms with van der Waals surface area (Å²) in [6, 6.07) is 10.8. The second-order valence-corrected chi connectivity index (χ2v) is 6.09. The minimum absolute atomic E-state index is 0.204. The van der Waals surface area contributed by atoms with E-state index in [4.69, 9.17) is 4.74 Å². The van der Waals surface area contributed by atoms with E-state index in [0.29, 0.717) is 0 Å². The second-order valence-electron chi connectivity index (χ2n) is 5.18. The van der Waals surface area contributed by atoms with Gasteiger partial charge >= 0.3 is 0 Å². The molecule has 0 saturated heterocycles. The maximum Gasteiger partial charge on any atom is 0.143 e. The minimum atomic E-state index is -0.204. The van der Waals surface area contributed by atoms with E-state index in [-0.39, 0.29) is 11.9 Å². The SMILES string of the molecule is COc1cc(Br)cc(C)c1NC(C)Cc1ccc(F)cc1. The van der Waals surface area contributed by atoms with Crippen LogP contribution in [0.2, 0.25) is 0 Å². The lowest BCUT2D eigenvalue weighted by Gasteiger charge is -2.20. The summed E-state index contributed by atoms with van der Waals surface area (Å²) in [5.74, 6) is 0.609. The van der Waals surface area contributed by atoms with Crippen molar-refractivity contribution in [3.8, 4) is 5.75 Å². The van der Waals surface area contributed by atoms with Crippen molar-refractivity contribution in [2.45, 2.75) is 26.3 Å². The van der Waals surface area contributed by atoms with Gasteiger partial charge in [-0.05, 0) is 55.7 Å². The summed E-state index contributed by atoms with van der Waals surface area (Å²) >= 11 is 3.47. The van der Waals surface area contributed by atoms with E-state index < -0.39 is 0 Å². The summed E-state index contributed by atoms with van der Waals surface area (Å²) in [5, 5.41) is 3.48. The number of benzene rings is 2. The highest BCUT2D eigenvalue weighted by molar-refractivity contribution is 9.10. The molecule has 1 N–H and O–H groups in total. The molecule has 0 radical (unpaired) electrons. The van der Waals surface area contributed by atoms with E-state index in [1.165, 1.54) is 12.1 Å². The molecule has 0 amide bonds. The fraction of sp³-hybridized carbons (Fsp3) is 0.294. The molecule has 0 aliphatic heterocycles. The van der Waals surface area contributed by atoms with Crippen molar-refractivity contribution in [3.63, 3.8) is 0 Å². The maximum atomic E-state index is 12.9. The Labute approximate surface area is 133 Å². The van der Waals surface area contributed by atoms with Crippen molar-refractivity contribution in [2.24, 2.45) is 0 Å². The van der Waals surface area contributed by atoms with Crippen LogP contribution in [0.4, 0.5) is 10.1 Å². The van der Waals surface area contributed by atoms with Crippen molar-refractivity contribution in [1.29, 1.82) is 0 Å². The van der Waals surface area contributed by atoms with Gasteiger partial charge in [-0.15, -0.1) is 0 Å². The Kier molecular flexibility index (Phi) is 5.23. The van der Waals surface area contributed by atoms with Crippen molar-refractivity contribution >= 4 is 21.6 Å². The summed E-state index contributed by atoms with van der Waals surface area (Å²) < 4.78 is 19.3. The fourth-order valence-corrected chi connectivity index (χ4v) is 2.88. The van der Waals surface area contributed by atoms with Gasteiger partial charge in [0.15, 0.2) is 0 Å². The molecule has 0 heterocycles. The molecule has 2 rings (SSSR count). The van der Waals surface area contributed by atoms with Gasteiger partial charge in [-0.2, -0.15) is 0 Å². The zero-order valence-corrected chi connectivity index (χ0v) is 14.0. The Morgan fingerprint density at radius 3 is 2.52 bits per heavy atom. The lowest BCUT2D eigenvalue weighted by Crippen LogP contribution is -2.19. The molecule has 0 saturated carbocycles. The molecule has 2 nitrogen and oxygen atoms in total. The number of aryl methyl sites for hydroxylation is 1. The van der Waals surface area contributed by atoms with Gasteiger partial charge in [0.1, 0.15) is 11.6 Å². The lowest BCUT2D eigenvalue weighted by molar-refractivity contribution is 0.415. The summed E-state index contributed by atoms with van der Waals surface area (Å²) in [7, 11) is 1.66. The first-order valence-corrected chi connectivity index (χ1v) is 7.64. The van der Waals surface area contributed by atoms with Crippen LogP contribution in [0.25, 0.3) is 0 Å². The third kappa shape index (κ3) is 4.21. The van der Waals surface area contributed by atoms with Crippen molar-refractivity contribution < 1.29 is 9.13 Å². The van der Waals surface area contributed by atoms with E-state index in [1.807, 2.05) is 25.1 Å². The van der Waals surface area contributed by atoms with Gasteiger partial charge in [-0.25, -0.2) is 4.39 Å². The van der Waals surface area contributed by atoms with Crippen molar-refractivity contribution in [1.82, 2.24) is 0 Å². The molecular formula is C17H19BrFNO. The van der Waals surface area contributed by atoms with E-state index in [9.17, 15) is 4.39 Å². The number of ether oxygens (including phenoxy) is 1. The normalized spacial score (nSPS) is 12.0. The van der Waals surface area contributed by atoms with Gasteiger partial charge in [-0.3, -0.25) is 0 Å². The standard InChI is InChI=1S/C17H19BrFNO/c1-11-8-14(18)10-16(21-3)17(11)20-12(2)9-13-4-6-15(19)7-5-13/h4-8,10,12,20H,9H2,1-3H3. The number of halogens is 2. The van der Waals surface area contributed by atoms with Crippen LogP contribution in [0.5, 0.6) is 5.75 Å². The first-order valence-electron chi connectivity index (χ1n) is 6.84. The predicted molar refractivity (Wildman–Crippen MR) is 88.6 cm³/mol. The molecule has 1 atom stereocenters. The number of hydrogen-bond acceptors (Lipinski definition) is 2. The summed E-state index contributed by atoms with van der Waals surface area (Å²) in [6.45, 7) is 4.14.